The van der Waals surface area contributed by atoms with E-state index in [0.717, 1.165) is 55.9 Å². The van der Waals surface area contributed by atoms with Crippen molar-refractivity contribution in [3.63, 3.8) is 0 Å². The van der Waals surface area contributed by atoms with Crippen molar-refractivity contribution in [1.29, 1.82) is 0 Å². The molecule has 5 aromatic rings. The van der Waals surface area contributed by atoms with E-state index in [1.54, 1.807) is 0 Å². The van der Waals surface area contributed by atoms with Crippen LogP contribution in [0.1, 0.15) is 65.5 Å². The van der Waals surface area contributed by atoms with Crippen molar-refractivity contribution in [2.75, 3.05) is 6.61 Å². The standard InChI is InChI=1S/C33H37N3O3/c1-32(2,3)24-17-23(18-25(33(4,5)6)30(24)39-15-7-8-29(37)38)31-35-27-12-10-21(19-28(27)36-31)20-9-11-26-22(16-20)13-14-34-26/h9-14,16-19,34H,7-8,15H2,1-6H3,(H,35,36)(H,37,38). The molecule has 0 aliphatic heterocycles. The van der Waals surface area contributed by atoms with E-state index in [1.165, 1.54) is 5.39 Å². The molecule has 3 N–H and O–H groups in total. The van der Waals surface area contributed by atoms with E-state index in [2.05, 4.69) is 106 Å². The average Bonchev–Trinajstić information content (AvgIpc) is 3.51. The maximum absolute atomic E-state index is 11.0. The smallest absolute Gasteiger partial charge is 0.303 e. The molecule has 2 heterocycles. The Labute approximate surface area is 229 Å². The first-order chi connectivity index (χ1) is 18.4. The van der Waals surface area contributed by atoms with Gasteiger partial charge in [-0.1, -0.05) is 53.7 Å². The molecule has 39 heavy (non-hydrogen) atoms. The van der Waals surface area contributed by atoms with Gasteiger partial charge in [0.2, 0.25) is 0 Å². The van der Waals surface area contributed by atoms with Gasteiger partial charge in [0.15, 0.2) is 0 Å². The van der Waals surface area contributed by atoms with Crippen LogP contribution in [0.4, 0.5) is 0 Å². The molecule has 2 aromatic heterocycles. The SMILES string of the molecule is CC(C)(C)c1cc(-c2nc3ccc(-c4ccc5[nH]ccc5c4)cc3[nH]2)cc(C(C)(C)C)c1OCCCC(=O)O. The summed E-state index contributed by atoms with van der Waals surface area (Å²) in [6, 6.07) is 19.2. The number of carbonyl (C=O) groups is 1. The molecule has 0 aliphatic carbocycles. The molecule has 0 aliphatic rings. The lowest BCUT2D eigenvalue weighted by atomic mass is 9.78. The molecule has 0 spiro atoms. The molecule has 3 aromatic carbocycles. The van der Waals surface area contributed by atoms with Crippen LogP contribution in [-0.4, -0.2) is 32.6 Å². The number of aliphatic carboxylic acids is 1. The molecule has 0 unspecified atom stereocenters. The van der Waals surface area contributed by atoms with Gasteiger partial charge in [0.1, 0.15) is 11.6 Å². The Kier molecular flexibility index (Phi) is 6.75. The number of ether oxygens (including phenoxy) is 1. The maximum Gasteiger partial charge on any atom is 0.303 e. The highest BCUT2D eigenvalue weighted by Crippen LogP contribution is 2.43. The number of fused-ring (bicyclic) bond motifs is 2. The van der Waals surface area contributed by atoms with Crippen molar-refractivity contribution in [3.8, 4) is 28.3 Å². The average molecular weight is 524 g/mol. The van der Waals surface area contributed by atoms with Gasteiger partial charge in [-0.25, -0.2) is 4.98 Å². The Morgan fingerprint density at radius 2 is 1.51 bits per heavy atom. The van der Waals surface area contributed by atoms with E-state index in [4.69, 9.17) is 14.8 Å². The fraction of sp³-hybridized carbons (Fsp3) is 0.333. The minimum atomic E-state index is -0.806. The highest BCUT2D eigenvalue weighted by Gasteiger charge is 2.29. The van der Waals surface area contributed by atoms with Gasteiger partial charge < -0.3 is 19.8 Å². The number of aromatic nitrogens is 3. The molecule has 0 saturated carbocycles. The third-order valence-corrected chi connectivity index (χ3v) is 7.13. The minimum Gasteiger partial charge on any atom is -0.493 e. The van der Waals surface area contributed by atoms with Crippen LogP contribution in [-0.2, 0) is 15.6 Å². The minimum absolute atomic E-state index is 0.0911. The molecule has 6 nitrogen and oxygen atoms in total. The van der Waals surface area contributed by atoms with Crippen molar-refractivity contribution in [1.82, 2.24) is 15.0 Å². The van der Waals surface area contributed by atoms with Crippen LogP contribution in [0, 0.1) is 0 Å². The molecule has 202 valence electrons. The second kappa shape index (κ2) is 9.92. The van der Waals surface area contributed by atoms with E-state index < -0.39 is 5.97 Å². The molecule has 0 atom stereocenters. The number of aromatic amines is 2. The van der Waals surface area contributed by atoms with Crippen LogP contribution in [0.5, 0.6) is 5.75 Å². The van der Waals surface area contributed by atoms with Crippen LogP contribution in [0.2, 0.25) is 0 Å². The van der Waals surface area contributed by atoms with Gasteiger partial charge in [0.25, 0.3) is 0 Å². The first-order valence-electron chi connectivity index (χ1n) is 13.5. The molecule has 0 amide bonds. The van der Waals surface area contributed by atoms with Gasteiger partial charge in [-0.2, -0.15) is 0 Å². The molecule has 0 bridgehead atoms. The number of rotatable bonds is 7. The predicted octanol–water partition coefficient (Wildman–Crippen LogP) is 8.22. The van der Waals surface area contributed by atoms with Gasteiger partial charge in [-0.05, 0) is 76.2 Å². The lowest BCUT2D eigenvalue weighted by molar-refractivity contribution is -0.137. The lowest BCUT2D eigenvalue weighted by Gasteiger charge is -2.30. The summed E-state index contributed by atoms with van der Waals surface area (Å²) >= 11 is 0. The van der Waals surface area contributed by atoms with Crippen molar-refractivity contribution in [2.45, 2.75) is 65.2 Å². The van der Waals surface area contributed by atoms with Crippen LogP contribution >= 0.6 is 0 Å². The molecular weight excluding hydrogens is 486 g/mol. The maximum atomic E-state index is 11.0. The summed E-state index contributed by atoms with van der Waals surface area (Å²) in [6.45, 7) is 13.4. The molecule has 6 heteroatoms. The summed E-state index contributed by atoms with van der Waals surface area (Å²) in [5, 5.41) is 10.2. The number of imidazole rings is 1. The fourth-order valence-electron chi connectivity index (χ4n) is 4.99. The Bertz CT molecular complexity index is 1630. The van der Waals surface area contributed by atoms with Crippen molar-refractivity contribution in [2.24, 2.45) is 0 Å². The fourth-order valence-corrected chi connectivity index (χ4v) is 4.99. The van der Waals surface area contributed by atoms with Crippen molar-refractivity contribution < 1.29 is 14.6 Å². The van der Waals surface area contributed by atoms with E-state index in [0.29, 0.717) is 13.0 Å². The zero-order valence-corrected chi connectivity index (χ0v) is 23.6. The zero-order valence-electron chi connectivity index (χ0n) is 23.6. The Balaban J connectivity index is 1.57. The number of hydrogen-bond acceptors (Lipinski definition) is 3. The zero-order chi connectivity index (χ0) is 27.9. The number of carboxylic acids is 1. The van der Waals surface area contributed by atoms with E-state index in [-0.39, 0.29) is 17.3 Å². The number of nitrogens with one attached hydrogen (secondary N) is 2. The number of hydrogen-bond donors (Lipinski definition) is 3. The Hall–Kier alpha value is -4.06. The third kappa shape index (κ3) is 5.56. The van der Waals surface area contributed by atoms with Crippen LogP contribution in [0.15, 0.2) is 60.8 Å². The topological polar surface area (TPSA) is 91.0 Å². The third-order valence-electron chi connectivity index (χ3n) is 7.13. The van der Waals surface area contributed by atoms with Gasteiger partial charge >= 0.3 is 5.97 Å². The van der Waals surface area contributed by atoms with Crippen LogP contribution < -0.4 is 4.74 Å². The lowest BCUT2D eigenvalue weighted by Crippen LogP contribution is -2.20. The highest BCUT2D eigenvalue weighted by molar-refractivity contribution is 5.89. The Morgan fingerprint density at radius 1 is 0.846 bits per heavy atom. The summed E-state index contributed by atoms with van der Waals surface area (Å²) < 4.78 is 6.31. The number of H-pyrrole nitrogens is 2. The van der Waals surface area contributed by atoms with E-state index >= 15 is 0 Å². The monoisotopic (exact) mass is 523 g/mol. The van der Waals surface area contributed by atoms with Gasteiger partial charge in [-0.15, -0.1) is 0 Å². The normalized spacial score (nSPS) is 12.4. The highest BCUT2D eigenvalue weighted by atomic mass is 16.5. The van der Waals surface area contributed by atoms with E-state index in [1.807, 2.05) is 6.20 Å². The summed E-state index contributed by atoms with van der Waals surface area (Å²) in [5.74, 6) is 0.860. The number of nitrogens with zero attached hydrogens (tertiary/aromatic N) is 1. The van der Waals surface area contributed by atoms with Gasteiger partial charge in [0.05, 0.1) is 17.6 Å². The number of carboxylic acid groups (broad SMARTS) is 1. The summed E-state index contributed by atoms with van der Waals surface area (Å²) in [5.41, 5.74) is 8.13. The molecule has 5 rings (SSSR count). The van der Waals surface area contributed by atoms with Crippen LogP contribution in [0.3, 0.4) is 0 Å². The summed E-state index contributed by atoms with van der Waals surface area (Å²) in [6.07, 6.45) is 2.52. The molecular formula is C33H37N3O3. The second-order valence-electron chi connectivity index (χ2n) is 12.3. The van der Waals surface area contributed by atoms with E-state index in [9.17, 15) is 4.79 Å². The summed E-state index contributed by atoms with van der Waals surface area (Å²) in [4.78, 5) is 22.8. The summed E-state index contributed by atoms with van der Waals surface area (Å²) in [7, 11) is 0. The molecule has 0 saturated heterocycles. The first-order valence-corrected chi connectivity index (χ1v) is 13.5. The quantitative estimate of drug-likeness (QED) is 0.187. The van der Waals surface area contributed by atoms with Crippen molar-refractivity contribution >= 4 is 27.9 Å². The van der Waals surface area contributed by atoms with Gasteiger partial charge in [0, 0.05) is 34.8 Å². The van der Waals surface area contributed by atoms with Gasteiger partial charge in [-0.3, -0.25) is 4.79 Å². The number of benzene rings is 3. The predicted molar refractivity (Wildman–Crippen MR) is 159 cm³/mol. The molecule has 0 fully saturated rings. The first kappa shape index (κ1) is 26.5. The second-order valence-corrected chi connectivity index (χ2v) is 12.3. The van der Waals surface area contributed by atoms with Crippen molar-refractivity contribution in [3.05, 3.63) is 71.9 Å². The Morgan fingerprint density at radius 3 is 2.18 bits per heavy atom. The largest absolute Gasteiger partial charge is 0.493 e. The van der Waals surface area contributed by atoms with Crippen LogP contribution in [0.25, 0.3) is 44.5 Å². The molecule has 0 radical (unpaired) electrons.